The summed E-state index contributed by atoms with van der Waals surface area (Å²) in [7, 11) is 1.81. The normalized spacial score (nSPS) is 12.5. The number of rotatable bonds is 4. The molecule has 3 aromatic rings. The number of aromatic nitrogens is 5. The highest BCUT2D eigenvalue weighted by molar-refractivity contribution is 7.20. The fourth-order valence-electron chi connectivity index (χ4n) is 2.04. The van der Waals surface area contributed by atoms with Crippen molar-refractivity contribution in [2.45, 2.75) is 13.0 Å². The van der Waals surface area contributed by atoms with E-state index in [1.165, 1.54) is 12.7 Å². The first-order valence-corrected chi connectivity index (χ1v) is 6.96. The van der Waals surface area contributed by atoms with Crippen LogP contribution in [0.3, 0.4) is 0 Å². The van der Waals surface area contributed by atoms with Crippen molar-refractivity contribution in [2.75, 3.05) is 5.32 Å². The van der Waals surface area contributed by atoms with Gasteiger partial charge >= 0.3 is 5.97 Å². The molecular weight excluding hydrogens is 292 g/mol. The Kier molecular flexibility index (Phi) is 3.26. The summed E-state index contributed by atoms with van der Waals surface area (Å²) in [5, 5.41) is 17.0. The number of hydrogen-bond donors (Lipinski definition) is 2. The molecule has 3 aromatic heterocycles. The predicted octanol–water partition coefficient (Wildman–Crippen LogP) is 1.69. The number of aryl methyl sites for hydroxylation is 1. The first-order valence-electron chi connectivity index (χ1n) is 6.14. The second-order valence-corrected chi connectivity index (χ2v) is 5.50. The summed E-state index contributed by atoms with van der Waals surface area (Å²) in [5.41, 5.74) is 0. The van der Waals surface area contributed by atoms with Gasteiger partial charge in [0.2, 0.25) is 0 Å². The highest BCUT2D eigenvalue weighted by atomic mass is 32.1. The molecule has 21 heavy (non-hydrogen) atoms. The van der Waals surface area contributed by atoms with Gasteiger partial charge in [0.1, 0.15) is 34.0 Å². The van der Waals surface area contributed by atoms with Crippen molar-refractivity contribution >= 4 is 33.3 Å². The molecule has 8 nitrogen and oxygen atoms in total. The highest BCUT2D eigenvalue weighted by Crippen LogP contribution is 2.29. The number of carboxylic acid groups (broad SMARTS) is 1. The minimum absolute atomic E-state index is 0.122. The Morgan fingerprint density at radius 3 is 2.86 bits per heavy atom. The van der Waals surface area contributed by atoms with Crippen molar-refractivity contribution in [3.63, 3.8) is 0 Å². The van der Waals surface area contributed by atoms with Crippen molar-refractivity contribution in [1.29, 1.82) is 0 Å². The third kappa shape index (κ3) is 2.42. The van der Waals surface area contributed by atoms with Crippen molar-refractivity contribution in [2.24, 2.45) is 7.05 Å². The standard InChI is InChI=1S/C12H12N6O2S/c1-6(10-14-5-16-18(10)2)17-9-7-3-8(12(19)20)21-11(7)15-4-13-9/h3-6H,1-2H3,(H,19,20)(H,13,15,17). The molecule has 0 aromatic carbocycles. The Balaban J connectivity index is 1.97. The van der Waals surface area contributed by atoms with E-state index in [2.05, 4.69) is 25.4 Å². The fraction of sp³-hybridized carbons (Fsp3) is 0.250. The third-order valence-electron chi connectivity index (χ3n) is 3.03. The number of nitrogens with one attached hydrogen (secondary N) is 1. The summed E-state index contributed by atoms with van der Waals surface area (Å²) in [5.74, 6) is 0.375. The fourth-order valence-corrected chi connectivity index (χ4v) is 2.88. The Hall–Kier alpha value is -2.55. The third-order valence-corrected chi connectivity index (χ3v) is 4.06. The Bertz CT molecular complexity index is 811. The molecule has 1 unspecified atom stereocenters. The van der Waals surface area contributed by atoms with E-state index in [0.717, 1.165) is 17.2 Å². The van der Waals surface area contributed by atoms with E-state index in [1.807, 2.05) is 14.0 Å². The molecule has 0 saturated heterocycles. The van der Waals surface area contributed by atoms with Crippen molar-refractivity contribution in [1.82, 2.24) is 24.7 Å². The molecule has 3 heterocycles. The summed E-state index contributed by atoms with van der Waals surface area (Å²) >= 11 is 1.12. The monoisotopic (exact) mass is 304 g/mol. The van der Waals surface area contributed by atoms with Crippen LogP contribution in [0.5, 0.6) is 0 Å². The average Bonchev–Trinajstić information content (AvgIpc) is 3.05. The summed E-state index contributed by atoms with van der Waals surface area (Å²) in [6, 6.07) is 1.46. The second kappa shape index (κ2) is 5.09. The average molecular weight is 304 g/mol. The molecule has 9 heteroatoms. The van der Waals surface area contributed by atoms with E-state index in [1.54, 1.807) is 10.7 Å². The SMILES string of the molecule is CC(Nc1ncnc2sc(C(=O)O)cc12)c1ncnn1C. The smallest absolute Gasteiger partial charge is 0.345 e. The van der Waals surface area contributed by atoms with E-state index in [9.17, 15) is 4.79 Å². The Morgan fingerprint density at radius 1 is 1.38 bits per heavy atom. The zero-order chi connectivity index (χ0) is 15.0. The molecule has 0 aliphatic heterocycles. The van der Waals surface area contributed by atoms with Gasteiger partial charge in [-0.1, -0.05) is 0 Å². The van der Waals surface area contributed by atoms with E-state index >= 15 is 0 Å². The zero-order valence-electron chi connectivity index (χ0n) is 11.3. The van der Waals surface area contributed by atoms with Crippen LogP contribution in [0, 0.1) is 0 Å². The number of carboxylic acids is 1. The number of thiophene rings is 1. The first kappa shape index (κ1) is 13.4. The van der Waals surface area contributed by atoms with Crippen LogP contribution < -0.4 is 5.32 Å². The number of fused-ring (bicyclic) bond motifs is 1. The number of carbonyl (C=O) groups is 1. The molecule has 0 bridgehead atoms. The molecule has 0 aliphatic carbocycles. The summed E-state index contributed by atoms with van der Waals surface area (Å²) in [4.78, 5) is 24.4. The van der Waals surface area contributed by atoms with Gasteiger partial charge in [0.05, 0.1) is 11.4 Å². The van der Waals surface area contributed by atoms with Crippen LogP contribution in [0.15, 0.2) is 18.7 Å². The maximum Gasteiger partial charge on any atom is 0.345 e. The largest absolute Gasteiger partial charge is 0.477 e. The number of hydrogen-bond acceptors (Lipinski definition) is 7. The Labute approximate surface area is 123 Å². The van der Waals surface area contributed by atoms with Gasteiger partial charge in [-0.05, 0) is 13.0 Å². The van der Waals surface area contributed by atoms with Gasteiger partial charge in [0.25, 0.3) is 0 Å². The minimum atomic E-state index is -0.967. The zero-order valence-corrected chi connectivity index (χ0v) is 12.1. The molecule has 2 N–H and O–H groups in total. The van der Waals surface area contributed by atoms with Gasteiger partial charge in [-0.2, -0.15) is 5.10 Å². The topological polar surface area (TPSA) is 106 Å². The second-order valence-electron chi connectivity index (χ2n) is 4.46. The molecule has 0 amide bonds. The number of anilines is 1. The van der Waals surface area contributed by atoms with Crippen LogP contribution in [-0.2, 0) is 7.05 Å². The molecule has 0 aliphatic rings. The van der Waals surface area contributed by atoms with Crippen molar-refractivity contribution < 1.29 is 9.90 Å². The molecule has 0 fully saturated rings. The maximum atomic E-state index is 11.1. The summed E-state index contributed by atoms with van der Waals surface area (Å²) in [6.45, 7) is 1.93. The molecule has 3 rings (SSSR count). The van der Waals surface area contributed by atoms with Crippen LogP contribution in [-0.4, -0.2) is 35.8 Å². The van der Waals surface area contributed by atoms with Gasteiger partial charge in [0.15, 0.2) is 0 Å². The lowest BCUT2D eigenvalue weighted by molar-refractivity contribution is 0.0702. The van der Waals surface area contributed by atoms with E-state index in [-0.39, 0.29) is 10.9 Å². The van der Waals surface area contributed by atoms with Crippen LogP contribution in [0.25, 0.3) is 10.2 Å². The predicted molar refractivity (Wildman–Crippen MR) is 77.4 cm³/mol. The van der Waals surface area contributed by atoms with E-state index in [0.29, 0.717) is 16.0 Å². The van der Waals surface area contributed by atoms with Gasteiger partial charge in [0, 0.05) is 7.05 Å². The molecular formula is C12H12N6O2S. The van der Waals surface area contributed by atoms with Crippen molar-refractivity contribution in [3.05, 3.63) is 29.4 Å². The van der Waals surface area contributed by atoms with Crippen LogP contribution >= 0.6 is 11.3 Å². The summed E-state index contributed by atoms with van der Waals surface area (Å²) in [6.07, 6.45) is 2.90. The van der Waals surface area contributed by atoms with Gasteiger partial charge in [-0.15, -0.1) is 11.3 Å². The quantitative estimate of drug-likeness (QED) is 0.755. The van der Waals surface area contributed by atoms with Gasteiger partial charge in [-0.3, -0.25) is 4.68 Å². The molecule has 0 saturated carbocycles. The summed E-state index contributed by atoms with van der Waals surface area (Å²) < 4.78 is 1.67. The van der Waals surface area contributed by atoms with Gasteiger partial charge in [-0.25, -0.2) is 19.7 Å². The van der Waals surface area contributed by atoms with E-state index in [4.69, 9.17) is 5.11 Å². The lowest BCUT2D eigenvalue weighted by Gasteiger charge is -2.13. The lowest BCUT2D eigenvalue weighted by Crippen LogP contribution is -2.13. The van der Waals surface area contributed by atoms with E-state index < -0.39 is 5.97 Å². The number of aromatic carboxylic acids is 1. The first-order chi connectivity index (χ1) is 10.1. The maximum absolute atomic E-state index is 11.1. The van der Waals surface area contributed by atoms with Crippen LogP contribution in [0.4, 0.5) is 5.82 Å². The molecule has 1 atom stereocenters. The minimum Gasteiger partial charge on any atom is -0.477 e. The molecule has 108 valence electrons. The highest BCUT2D eigenvalue weighted by Gasteiger charge is 2.16. The Morgan fingerprint density at radius 2 is 2.19 bits per heavy atom. The van der Waals surface area contributed by atoms with Crippen molar-refractivity contribution in [3.8, 4) is 0 Å². The van der Waals surface area contributed by atoms with Crippen LogP contribution in [0.2, 0.25) is 0 Å². The molecule has 0 radical (unpaired) electrons. The lowest BCUT2D eigenvalue weighted by atomic mass is 10.3. The van der Waals surface area contributed by atoms with Crippen LogP contribution in [0.1, 0.15) is 28.5 Å². The number of nitrogens with zero attached hydrogens (tertiary/aromatic N) is 5. The van der Waals surface area contributed by atoms with Gasteiger partial charge < -0.3 is 10.4 Å². The molecule has 0 spiro atoms.